The van der Waals surface area contributed by atoms with Crippen molar-refractivity contribution < 1.29 is 9.18 Å². The Bertz CT molecular complexity index is 943. The lowest BCUT2D eigenvalue weighted by Crippen LogP contribution is -2.16. The highest BCUT2D eigenvalue weighted by atomic mass is 19.1. The molecular weight excluding hydrogens is 331 g/mol. The van der Waals surface area contributed by atoms with Crippen LogP contribution in [0.1, 0.15) is 27.2 Å². The molecule has 0 aliphatic carbocycles. The zero-order chi connectivity index (χ0) is 18.5. The molecule has 0 aliphatic heterocycles. The predicted molar refractivity (Wildman–Crippen MR) is 99.6 cm³/mol. The SMILES string of the molecule is Cc1ccccc1NC(=O)c1cnc(NCc2ccccc2F)nc1C. The topological polar surface area (TPSA) is 66.9 Å². The maximum absolute atomic E-state index is 13.6. The van der Waals surface area contributed by atoms with Gasteiger partial charge in [-0.2, -0.15) is 0 Å². The van der Waals surface area contributed by atoms with Crippen molar-refractivity contribution in [3.63, 3.8) is 0 Å². The average Bonchev–Trinajstić information content (AvgIpc) is 2.63. The molecule has 2 N–H and O–H groups in total. The van der Waals surface area contributed by atoms with Crippen LogP contribution in [0.3, 0.4) is 0 Å². The number of carbonyl (C=O) groups is 1. The maximum atomic E-state index is 13.6. The van der Waals surface area contributed by atoms with Crippen LogP contribution in [-0.2, 0) is 6.54 Å². The number of rotatable bonds is 5. The molecule has 0 fully saturated rings. The van der Waals surface area contributed by atoms with Gasteiger partial charge in [0.25, 0.3) is 5.91 Å². The number of aryl methyl sites for hydroxylation is 2. The third kappa shape index (κ3) is 4.03. The van der Waals surface area contributed by atoms with Gasteiger partial charge in [0, 0.05) is 24.0 Å². The number of hydrogen-bond acceptors (Lipinski definition) is 4. The van der Waals surface area contributed by atoms with E-state index in [1.807, 2.05) is 31.2 Å². The first kappa shape index (κ1) is 17.5. The summed E-state index contributed by atoms with van der Waals surface area (Å²) in [5.74, 6) is -0.207. The zero-order valence-electron chi connectivity index (χ0n) is 14.6. The molecule has 0 saturated carbocycles. The fourth-order valence-corrected chi connectivity index (χ4v) is 2.49. The molecule has 26 heavy (non-hydrogen) atoms. The zero-order valence-corrected chi connectivity index (χ0v) is 14.6. The van der Waals surface area contributed by atoms with E-state index in [0.717, 1.165) is 11.3 Å². The Morgan fingerprint density at radius 2 is 1.81 bits per heavy atom. The van der Waals surface area contributed by atoms with Crippen LogP contribution in [0.5, 0.6) is 0 Å². The molecule has 0 aliphatic rings. The number of aromatic nitrogens is 2. The molecular formula is C20H19FN4O. The number of benzene rings is 2. The van der Waals surface area contributed by atoms with E-state index in [2.05, 4.69) is 20.6 Å². The van der Waals surface area contributed by atoms with E-state index in [4.69, 9.17) is 0 Å². The van der Waals surface area contributed by atoms with Crippen molar-refractivity contribution in [1.82, 2.24) is 9.97 Å². The number of carbonyl (C=O) groups excluding carboxylic acids is 1. The average molecular weight is 350 g/mol. The molecule has 3 rings (SSSR count). The lowest BCUT2D eigenvalue weighted by molar-refractivity contribution is 0.102. The second-order valence-corrected chi connectivity index (χ2v) is 5.91. The molecule has 0 radical (unpaired) electrons. The summed E-state index contributed by atoms with van der Waals surface area (Å²) in [5, 5.41) is 5.84. The molecule has 2 aromatic carbocycles. The Hall–Kier alpha value is -3.28. The maximum Gasteiger partial charge on any atom is 0.259 e. The van der Waals surface area contributed by atoms with E-state index in [9.17, 15) is 9.18 Å². The third-order valence-electron chi connectivity index (χ3n) is 4.01. The fourth-order valence-electron chi connectivity index (χ4n) is 2.49. The molecule has 0 atom stereocenters. The van der Waals surface area contributed by atoms with E-state index in [1.165, 1.54) is 12.3 Å². The molecule has 1 heterocycles. The van der Waals surface area contributed by atoms with Crippen LogP contribution in [0.25, 0.3) is 0 Å². The molecule has 0 bridgehead atoms. The number of hydrogen-bond donors (Lipinski definition) is 2. The van der Waals surface area contributed by atoms with Crippen molar-refractivity contribution in [3.05, 3.63) is 82.9 Å². The standard InChI is InChI=1S/C20H19FN4O/c1-13-7-3-6-10-18(13)25-19(26)16-12-23-20(24-14(16)2)22-11-15-8-4-5-9-17(15)21/h3-10,12H,11H2,1-2H3,(H,25,26)(H,22,23,24). The van der Waals surface area contributed by atoms with Crippen LogP contribution in [0, 0.1) is 19.7 Å². The third-order valence-corrected chi connectivity index (χ3v) is 4.01. The van der Waals surface area contributed by atoms with Crippen LogP contribution >= 0.6 is 0 Å². The molecule has 132 valence electrons. The molecule has 1 aromatic heterocycles. The van der Waals surface area contributed by atoms with E-state index in [-0.39, 0.29) is 18.3 Å². The predicted octanol–water partition coefficient (Wildman–Crippen LogP) is 4.10. The monoisotopic (exact) mass is 350 g/mol. The summed E-state index contributed by atoms with van der Waals surface area (Å²) in [6, 6.07) is 14.0. The highest BCUT2D eigenvalue weighted by Crippen LogP contribution is 2.16. The molecule has 5 nitrogen and oxygen atoms in total. The van der Waals surface area contributed by atoms with Crippen molar-refractivity contribution in [2.24, 2.45) is 0 Å². The molecule has 1 amide bonds. The van der Waals surface area contributed by atoms with Gasteiger partial charge in [-0.25, -0.2) is 14.4 Å². The summed E-state index contributed by atoms with van der Waals surface area (Å²) in [5.41, 5.74) is 3.18. The molecule has 0 spiro atoms. The lowest BCUT2D eigenvalue weighted by atomic mass is 10.2. The first-order valence-corrected chi connectivity index (χ1v) is 8.22. The van der Waals surface area contributed by atoms with Gasteiger partial charge < -0.3 is 10.6 Å². The van der Waals surface area contributed by atoms with Crippen LogP contribution < -0.4 is 10.6 Å². The van der Waals surface area contributed by atoms with Gasteiger partial charge in [0.2, 0.25) is 5.95 Å². The summed E-state index contributed by atoms with van der Waals surface area (Å²) >= 11 is 0. The van der Waals surface area contributed by atoms with Crippen LogP contribution in [-0.4, -0.2) is 15.9 Å². The van der Waals surface area contributed by atoms with Crippen LogP contribution in [0.4, 0.5) is 16.0 Å². The first-order chi connectivity index (χ1) is 12.5. The Morgan fingerprint density at radius 1 is 1.08 bits per heavy atom. The summed E-state index contributed by atoms with van der Waals surface area (Å²) in [6.07, 6.45) is 1.47. The minimum absolute atomic E-state index is 0.265. The Balaban J connectivity index is 1.70. The lowest BCUT2D eigenvalue weighted by Gasteiger charge is -2.11. The van der Waals surface area contributed by atoms with E-state index in [1.54, 1.807) is 25.1 Å². The van der Waals surface area contributed by atoms with Gasteiger partial charge in [-0.15, -0.1) is 0 Å². The molecule has 6 heteroatoms. The van der Waals surface area contributed by atoms with E-state index < -0.39 is 0 Å². The number of amides is 1. The second kappa shape index (κ2) is 7.74. The first-order valence-electron chi connectivity index (χ1n) is 8.22. The van der Waals surface area contributed by atoms with Crippen molar-refractivity contribution in [2.45, 2.75) is 20.4 Å². The number of nitrogens with zero attached hydrogens (tertiary/aromatic N) is 2. The summed E-state index contributed by atoms with van der Waals surface area (Å²) in [7, 11) is 0. The van der Waals surface area contributed by atoms with Crippen LogP contribution in [0.15, 0.2) is 54.7 Å². The minimum Gasteiger partial charge on any atom is -0.350 e. The highest BCUT2D eigenvalue weighted by molar-refractivity contribution is 6.05. The van der Waals surface area contributed by atoms with Crippen molar-refractivity contribution in [2.75, 3.05) is 10.6 Å². The molecule has 0 unspecified atom stereocenters. The summed E-state index contributed by atoms with van der Waals surface area (Å²) in [4.78, 5) is 20.9. The minimum atomic E-state index is -0.286. The second-order valence-electron chi connectivity index (χ2n) is 5.91. The fraction of sp³-hybridized carbons (Fsp3) is 0.150. The number of anilines is 2. The largest absolute Gasteiger partial charge is 0.350 e. The van der Waals surface area contributed by atoms with Gasteiger partial charge in [-0.05, 0) is 31.5 Å². The van der Waals surface area contributed by atoms with Gasteiger partial charge in [0.15, 0.2) is 0 Å². The highest BCUT2D eigenvalue weighted by Gasteiger charge is 2.13. The summed E-state index contributed by atoms with van der Waals surface area (Å²) in [6.45, 7) is 3.93. The van der Waals surface area contributed by atoms with Crippen molar-refractivity contribution in [3.8, 4) is 0 Å². The van der Waals surface area contributed by atoms with Crippen molar-refractivity contribution in [1.29, 1.82) is 0 Å². The normalized spacial score (nSPS) is 10.4. The number of halogens is 1. The Labute approximate surface area is 151 Å². The van der Waals surface area contributed by atoms with Gasteiger partial charge >= 0.3 is 0 Å². The van der Waals surface area contributed by atoms with Gasteiger partial charge in [0.1, 0.15) is 5.82 Å². The summed E-state index contributed by atoms with van der Waals surface area (Å²) < 4.78 is 13.6. The van der Waals surface area contributed by atoms with E-state index >= 15 is 0 Å². The van der Waals surface area contributed by atoms with Crippen molar-refractivity contribution >= 4 is 17.5 Å². The Kier molecular flexibility index (Phi) is 5.22. The van der Waals surface area contributed by atoms with Crippen LogP contribution in [0.2, 0.25) is 0 Å². The van der Waals surface area contributed by atoms with Gasteiger partial charge in [-0.1, -0.05) is 36.4 Å². The molecule has 0 saturated heterocycles. The number of para-hydroxylation sites is 1. The Morgan fingerprint density at radius 3 is 2.54 bits per heavy atom. The molecule has 3 aromatic rings. The quantitative estimate of drug-likeness (QED) is 0.727. The van der Waals surface area contributed by atoms with Gasteiger partial charge in [-0.3, -0.25) is 4.79 Å². The number of nitrogens with one attached hydrogen (secondary N) is 2. The van der Waals surface area contributed by atoms with Gasteiger partial charge in [0.05, 0.1) is 11.3 Å². The smallest absolute Gasteiger partial charge is 0.259 e. The van der Waals surface area contributed by atoms with E-state index in [0.29, 0.717) is 22.8 Å².